The molecule has 17 heavy (non-hydrogen) atoms. The largest absolute Gasteiger partial charge is 0.489 e. The van der Waals surface area contributed by atoms with Crippen LogP contribution in [-0.4, -0.2) is 6.61 Å². The minimum absolute atomic E-state index is 0.0713. The zero-order valence-electron chi connectivity index (χ0n) is 9.37. The Kier molecular flexibility index (Phi) is 2.28. The van der Waals surface area contributed by atoms with Crippen molar-refractivity contribution in [2.24, 2.45) is 0 Å². The third-order valence-electron chi connectivity index (χ3n) is 2.78. The number of benzene rings is 1. The van der Waals surface area contributed by atoms with Crippen molar-refractivity contribution < 1.29 is 13.5 Å². The van der Waals surface area contributed by atoms with Gasteiger partial charge in [0.2, 0.25) is 0 Å². The minimum Gasteiger partial charge on any atom is -0.489 e. The van der Waals surface area contributed by atoms with E-state index >= 15 is 0 Å². The fourth-order valence-electron chi connectivity index (χ4n) is 1.94. The maximum Gasteiger partial charge on any atom is 0.142 e. The van der Waals surface area contributed by atoms with Crippen LogP contribution in [0.3, 0.4) is 0 Å². The summed E-state index contributed by atoms with van der Waals surface area (Å²) < 4.78 is 24.2. The average Bonchev–Trinajstić information content (AvgIpc) is 2.75. The lowest BCUT2D eigenvalue weighted by atomic mass is 10.1. The summed E-state index contributed by atoms with van der Waals surface area (Å²) in [4.78, 5) is 0. The highest BCUT2D eigenvalue weighted by Gasteiger charge is 2.22. The maximum absolute atomic E-state index is 13.1. The molecule has 2 aromatic rings. The summed E-state index contributed by atoms with van der Waals surface area (Å²) in [6, 6.07) is 8.17. The van der Waals surface area contributed by atoms with Crippen molar-refractivity contribution in [3.63, 3.8) is 0 Å². The fourth-order valence-corrected chi connectivity index (χ4v) is 1.94. The first-order chi connectivity index (χ1) is 8.22. The fraction of sp³-hybridized carbons (Fsp3) is 0.231. The third-order valence-corrected chi connectivity index (χ3v) is 2.78. The van der Waals surface area contributed by atoms with E-state index in [2.05, 4.69) is 5.32 Å². The molecule has 1 aromatic carbocycles. The van der Waals surface area contributed by atoms with Gasteiger partial charge < -0.3 is 14.5 Å². The second kappa shape index (κ2) is 3.80. The standard InChI is InChI=1S/C13H12FNO2/c1-8-2-4-13(17-8)11-7-16-12-5-3-9(14)6-10(12)15-11/h2-6,11,15H,7H2,1H3. The van der Waals surface area contributed by atoms with Crippen molar-refractivity contribution in [1.29, 1.82) is 0 Å². The van der Waals surface area contributed by atoms with Crippen molar-refractivity contribution in [1.82, 2.24) is 0 Å². The first-order valence-electron chi connectivity index (χ1n) is 5.47. The summed E-state index contributed by atoms with van der Waals surface area (Å²) in [7, 11) is 0. The SMILES string of the molecule is Cc1ccc(C2COc3ccc(F)cc3N2)o1. The molecule has 88 valence electrons. The van der Waals surface area contributed by atoms with E-state index in [0.717, 1.165) is 11.5 Å². The van der Waals surface area contributed by atoms with E-state index in [0.29, 0.717) is 18.0 Å². The molecule has 0 spiro atoms. The maximum atomic E-state index is 13.1. The van der Waals surface area contributed by atoms with Crippen LogP contribution in [0.2, 0.25) is 0 Å². The Bertz CT molecular complexity index is 550. The lowest BCUT2D eigenvalue weighted by Crippen LogP contribution is -2.23. The predicted octanol–water partition coefficient (Wildman–Crippen LogP) is 3.27. The molecular weight excluding hydrogens is 221 g/mol. The molecule has 1 unspecified atom stereocenters. The molecular formula is C13H12FNO2. The topological polar surface area (TPSA) is 34.4 Å². The summed E-state index contributed by atoms with van der Waals surface area (Å²) in [6.45, 7) is 2.37. The van der Waals surface area contributed by atoms with Gasteiger partial charge in [-0.3, -0.25) is 0 Å². The van der Waals surface area contributed by atoms with Crippen LogP contribution in [0.4, 0.5) is 10.1 Å². The van der Waals surface area contributed by atoms with Crippen LogP contribution in [0.1, 0.15) is 17.6 Å². The second-order valence-corrected chi connectivity index (χ2v) is 4.10. The Morgan fingerprint density at radius 3 is 2.94 bits per heavy atom. The van der Waals surface area contributed by atoms with Gasteiger partial charge in [-0.15, -0.1) is 0 Å². The van der Waals surface area contributed by atoms with Crippen molar-refractivity contribution in [2.45, 2.75) is 13.0 Å². The Hall–Kier alpha value is -1.97. The van der Waals surface area contributed by atoms with Gasteiger partial charge in [-0.1, -0.05) is 0 Å². The normalized spacial score (nSPS) is 18.1. The van der Waals surface area contributed by atoms with Gasteiger partial charge >= 0.3 is 0 Å². The number of hydrogen-bond acceptors (Lipinski definition) is 3. The van der Waals surface area contributed by atoms with Gasteiger partial charge in [0, 0.05) is 6.07 Å². The van der Waals surface area contributed by atoms with Gasteiger partial charge in [-0.2, -0.15) is 0 Å². The number of hydrogen-bond donors (Lipinski definition) is 1. The van der Waals surface area contributed by atoms with Crippen molar-refractivity contribution >= 4 is 5.69 Å². The summed E-state index contributed by atoms with van der Waals surface area (Å²) in [5, 5.41) is 3.21. The summed E-state index contributed by atoms with van der Waals surface area (Å²) >= 11 is 0. The quantitative estimate of drug-likeness (QED) is 0.820. The molecule has 0 bridgehead atoms. The van der Waals surface area contributed by atoms with Crippen LogP contribution in [0.5, 0.6) is 5.75 Å². The molecule has 2 heterocycles. The molecule has 0 aliphatic carbocycles. The van der Waals surface area contributed by atoms with E-state index < -0.39 is 0 Å². The molecule has 1 aliphatic heterocycles. The van der Waals surface area contributed by atoms with Gasteiger partial charge in [-0.05, 0) is 31.2 Å². The van der Waals surface area contributed by atoms with Gasteiger partial charge in [0.1, 0.15) is 35.7 Å². The molecule has 0 fully saturated rings. The summed E-state index contributed by atoms with van der Waals surface area (Å²) in [5.41, 5.74) is 0.662. The van der Waals surface area contributed by atoms with E-state index in [1.54, 1.807) is 6.07 Å². The highest BCUT2D eigenvalue weighted by molar-refractivity contribution is 5.59. The van der Waals surface area contributed by atoms with Crippen LogP contribution in [0.25, 0.3) is 0 Å². The van der Waals surface area contributed by atoms with Crippen molar-refractivity contribution in [3.05, 3.63) is 47.7 Å². The summed E-state index contributed by atoms with van der Waals surface area (Å²) in [5.74, 6) is 2.05. The van der Waals surface area contributed by atoms with E-state index in [1.165, 1.54) is 12.1 Å². The number of rotatable bonds is 1. The smallest absolute Gasteiger partial charge is 0.142 e. The Morgan fingerprint density at radius 2 is 2.18 bits per heavy atom. The molecule has 3 nitrogen and oxygen atoms in total. The molecule has 4 heteroatoms. The van der Waals surface area contributed by atoms with Crippen LogP contribution in [0, 0.1) is 12.7 Å². The van der Waals surface area contributed by atoms with Crippen LogP contribution < -0.4 is 10.1 Å². The molecule has 1 aliphatic rings. The third kappa shape index (κ3) is 1.86. The molecule has 0 amide bonds. The van der Waals surface area contributed by atoms with E-state index in [-0.39, 0.29) is 11.9 Å². The number of ether oxygens (including phenoxy) is 1. The van der Waals surface area contributed by atoms with Crippen molar-refractivity contribution in [2.75, 3.05) is 11.9 Å². The Labute approximate surface area is 98.2 Å². The number of nitrogens with one attached hydrogen (secondary N) is 1. The van der Waals surface area contributed by atoms with Crippen LogP contribution in [0.15, 0.2) is 34.7 Å². The number of halogens is 1. The van der Waals surface area contributed by atoms with E-state index in [9.17, 15) is 4.39 Å². The van der Waals surface area contributed by atoms with E-state index in [4.69, 9.17) is 9.15 Å². The number of aryl methyl sites for hydroxylation is 1. The average molecular weight is 233 g/mol. The molecule has 3 rings (SSSR count). The van der Waals surface area contributed by atoms with E-state index in [1.807, 2.05) is 19.1 Å². The van der Waals surface area contributed by atoms with Crippen LogP contribution in [-0.2, 0) is 0 Å². The highest BCUT2D eigenvalue weighted by Crippen LogP contribution is 2.34. The Balaban J connectivity index is 1.89. The molecule has 1 aromatic heterocycles. The van der Waals surface area contributed by atoms with Gasteiger partial charge in [0.25, 0.3) is 0 Å². The Morgan fingerprint density at radius 1 is 1.29 bits per heavy atom. The molecule has 0 saturated carbocycles. The lowest BCUT2D eigenvalue weighted by molar-refractivity contribution is 0.268. The molecule has 1 N–H and O–H groups in total. The molecule has 0 saturated heterocycles. The molecule has 0 radical (unpaired) electrons. The van der Waals surface area contributed by atoms with Crippen LogP contribution >= 0.6 is 0 Å². The predicted molar refractivity (Wildman–Crippen MR) is 61.7 cm³/mol. The number of fused-ring (bicyclic) bond motifs is 1. The number of furan rings is 1. The van der Waals surface area contributed by atoms with Crippen molar-refractivity contribution in [3.8, 4) is 5.75 Å². The summed E-state index contributed by atoms with van der Waals surface area (Å²) in [6.07, 6.45) is 0. The van der Waals surface area contributed by atoms with Gasteiger partial charge in [-0.25, -0.2) is 4.39 Å². The second-order valence-electron chi connectivity index (χ2n) is 4.10. The zero-order valence-corrected chi connectivity index (χ0v) is 9.37. The first-order valence-corrected chi connectivity index (χ1v) is 5.47. The monoisotopic (exact) mass is 233 g/mol. The lowest BCUT2D eigenvalue weighted by Gasteiger charge is -2.26. The molecule has 1 atom stereocenters. The number of anilines is 1. The highest BCUT2D eigenvalue weighted by atomic mass is 19.1. The minimum atomic E-state index is -0.281. The van der Waals surface area contributed by atoms with Gasteiger partial charge in [0.05, 0.1) is 5.69 Å². The van der Waals surface area contributed by atoms with Gasteiger partial charge in [0.15, 0.2) is 0 Å². The zero-order chi connectivity index (χ0) is 11.8. The first kappa shape index (κ1) is 10.2.